The minimum absolute atomic E-state index is 0.0483. The van der Waals surface area contributed by atoms with Gasteiger partial charge < -0.3 is 25.1 Å². The van der Waals surface area contributed by atoms with Crippen molar-refractivity contribution in [2.45, 2.75) is 31.7 Å². The maximum atomic E-state index is 12.0. The van der Waals surface area contributed by atoms with Crippen LogP contribution in [0.25, 0.3) is 0 Å². The Morgan fingerprint density at radius 2 is 2.08 bits per heavy atom. The zero-order chi connectivity index (χ0) is 18.3. The molecule has 1 aromatic carbocycles. The van der Waals surface area contributed by atoms with Crippen LogP contribution in [0.1, 0.15) is 25.3 Å². The molecule has 0 saturated heterocycles. The summed E-state index contributed by atoms with van der Waals surface area (Å²) in [7, 11) is 0. The van der Waals surface area contributed by atoms with Gasteiger partial charge in [-0.3, -0.25) is 4.79 Å². The van der Waals surface area contributed by atoms with Gasteiger partial charge in [0.2, 0.25) is 0 Å². The number of hydrogen-bond acceptors (Lipinski definition) is 5. The van der Waals surface area contributed by atoms with Crippen molar-refractivity contribution in [2.75, 3.05) is 33.1 Å². The van der Waals surface area contributed by atoms with Crippen LogP contribution in [0.15, 0.2) is 18.2 Å². The first kappa shape index (κ1) is 19.5. The minimum Gasteiger partial charge on any atom is -0.493 e. The normalized spacial score (nSPS) is 16.3. The SMILES string of the molecule is CC(N)(Cc1cc(OCCOCCF)ccc1OCC1CC1)C(=O)O. The van der Waals surface area contributed by atoms with Gasteiger partial charge in [-0.1, -0.05) is 0 Å². The summed E-state index contributed by atoms with van der Waals surface area (Å²) in [4.78, 5) is 11.3. The molecule has 0 aliphatic heterocycles. The van der Waals surface area contributed by atoms with E-state index in [1.54, 1.807) is 18.2 Å². The second-order valence-corrected chi connectivity index (χ2v) is 6.57. The van der Waals surface area contributed by atoms with Gasteiger partial charge in [-0.05, 0) is 43.9 Å². The van der Waals surface area contributed by atoms with Gasteiger partial charge in [-0.25, -0.2) is 4.39 Å². The zero-order valence-electron chi connectivity index (χ0n) is 14.5. The molecule has 2 rings (SSSR count). The molecule has 1 aliphatic carbocycles. The fourth-order valence-corrected chi connectivity index (χ4v) is 2.26. The molecule has 0 spiro atoms. The summed E-state index contributed by atoms with van der Waals surface area (Å²) in [5, 5.41) is 9.27. The molecular weight excluding hydrogens is 329 g/mol. The predicted octanol–water partition coefficient (Wildman–Crippen LogP) is 2.18. The molecule has 1 atom stereocenters. The molecule has 1 aliphatic rings. The minimum atomic E-state index is -1.40. The molecule has 140 valence electrons. The molecule has 6 nitrogen and oxygen atoms in total. The summed E-state index contributed by atoms with van der Waals surface area (Å²) < 4.78 is 28.4. The fraction of sp³-hybridized carbons (Fsp3) is 0.611. The highest BCUT2D eigenvalue weighted by molar-refractivity contribution is 5.78. The lowest BCUT2D eigenvalue weighted by Gasteiger charge is -2.21. The highest BCUT2D eigenvalue weighted by Gasteiger charge is 2.30. The molecule has 25 heavy (non-hydrogen) atoms. The van der Waals surface area contributed by atoms with Crippen LogP contribution in [0.4, 0.5) is 4.39 Å². The quantitative estimate of drug-likeness (QED) is 0.559. The number of carbonyl (C=O) groups is 1. The van der Waals surface area contributed by atoms with E-state index in [0.717, 1.165) is 0 Å². The Labute approximate surface area is 147 Å². The average Bonchev–Trinajstić information content (AvgIpc) is 3.37. The first-order chi connectivity index (χ1) is 11.9. The van der Waals surface area contributed by atoms with Crippen molar-refractivity contribution in [1.82, 2.24) is 0 Å². The van der Waals surface area contributed by atoms with Gasteiger partial charge in [0.05, 0.1) is 19.8 Å². The number of halogens is 1. The molecule has 1 unspecified atom stereocenters. The smallest absolute Gasteiger partial charge is 0.323 e. The number of aliphatic carboxylic acids is 1. The zero-order valence-corrected chi connectivity index (χ0v) is 14.5. The van der Waals surface area contributed by atoms with E-state index in [1.807, 2.05) is 0 Å². The average molecular weight is 355 g/mol. The van der Waals surface area contributed by atoms with Gasteiger partial charge in [0, 0.05) is 12.0 Å². The Hall–Kier alpha value is -1.86. The highest BCUT2D eigenvalue weighted by Crippen LogP contribution is 2.32. The van der Waals surface area contributed by atoms with Gasteiger partial charge in [0.1, 0.15) is 30.3 Å². The maximum Gasteiger partial charge on any atom is 0.323 e. The van der Waals surface area contributed by atoms with E-state index < -0.39 is 18.2 Å². The van der Waals surface area contributed by atoms with Crippen LogP contribution in [0.2, 0.25) is 0 Å². The Morgan fingerprint density at radius 1 is 1.32 bits per heavy atom. The summed E-state index contributed by atoms with van der Waals surface area (Å²) >= 11 is 0. The summed E-state index contributed by atoms with van der Waals surface area (Å²) in [6, 6.07) is 5.27. The molecule has 7 heteroatoms. The van der Waals surface area contributed by atoms with E-state index >= 15 is 0 Å². The van der Waals surface area contributed by atoms with Crippen molar-refractivity contribution in [2.24, 2.45) is 11.7 Å². The third kappa shape index (κ3) is 6.51. The van der Waals surface area contributed by atoms with Crippen LogP contribution in [0.5, 0.6) is 11.5 Å². The monoisotopic (exact) mass is 355 g/mol. The lowest BCUT2D eigenvalue weighted by molar-refractivity contribution is -0.142. The molecule has 1 aromatic rings. The van der Waals surface area contributed by atoms with Crippen molar-refractivity contribution in [3.63, 3.8) is 0 Å². The lowest BCUT2D eigenvalue weighted by Crippen LogP contribution is -2.46. The van der Waals surface area contributed by atoms with Gasteiger partial charge in [0.25, 0.3) is 0 Å². The number of rotatable bonds is 12. The number of benzene rings is 1. The number of carboxylic acid groups (broad SMARTS) is 1. The van der Waals surface area contributed by atoms with E-state index in [2.05, 4.69) is 0 Å². The predicted molar refractivity (Wildman–Crippen MR) is 90.9 cm³/mol. The number of alkyl halides is 1. The van der Waals surface area contributed by atoms with E-state index in [-0.39, 0.29) is 26.2 Å². The van der Waals surface area contributed by atoms with Crippen LogP contribution in [-0.4, -0.2) is 49.7 Å². The molecular formula is C18H26FNO5. The van der Waals surface area contributed by atoms with Crippen molar-refractivity contribution in [3.8, 4) is 11.5 Å². The Bertz CT molecular complexity index is 575. The van der Waals surface area contributed by atoms with Crippen LogP contribution in [0, 0.1) is 5.92 Å². The largest absolute Gasteiger partial charge is 0.493 e. The van der Waals surface area contributed by atoms with Crippen molar-refractivity contribution in [1.29, 1.82) is 0 Å². The second-order valence-electron chi connectivity index (χ2n) is 6.57. The van der Waals surface area contributed by atoms with Crippen LogP contribution in [0.3, 0.4) is 0 Å². The van der Waals surface area contributed by atoms with E-state index in [9.17, 15) is 14.3 Å². The summed E-state index contributed by atoms with van der Waals surface area (Å²) in [6.45, 7) is 2.18. The standard InChI is InChI=1S/C18H26FNO5/c1-18(20,17(21)22)11-14-10-15(24-9-8-23-7-6-19)4-5-16(14)25-12-13-2-3-13/h4-5,10,13H,2-3,6-9,11-12,20H2,1H3,(H,21,22). The fourth-order valence-electron chi connectivity index (χ4n) is 2.26. The highest BCUT2D eigenvalue weighted by atomic mass is 19.1. The molecule has 0 heterocycles. The van der Waals surface area contributed by atoms with E-state index in [4.69, 9.17) is 19.9 Å². The van der Waals surface area contributed by atoms with Gasteiger partial charge in [0.15, 0.2) is 0 Å². The molecule has 3 N–H and O–H groups in total. The molecule has 1 fully saturated rings. The summed E-state index contributed by atoms with van der Waals surface area (Å²) in [6.07, 6.45) is 2.45. The van der Waals surface area contributed by atoms with Gasteiger partial charge in [-0.15, -0.1) is 0 Å². The van der Waals surface area contributed by atoms with Gasteiger partial charge in [-0.2, -0.15) is 0 Å². The number of ether oxygens (including phenoxy) is 3. The topological polar surface area (TPSA) is 91.0 Å². The second kappa shape index (κ2) is 9.01. The first-order valence-corrected chi connectivity index (χ1v) is 8.47. The van der Waals surface area contributed by atoms with Crippen LogP contribution < -0.4 is 15.2 Å². The Kier molecular flexibility index (Phi) is 7.01. The number of hydrogen-bond donors (Lipinski definition) is 2. The van der Waals surface area contributed by atoms with Crippen LogP contribution in [-0.2, 0) is 16.0 Å². The van der Waals surface area contributed by atoms with Crippen molar-refractivity contribution < 1.29 is 28.5 Å². The third-order valence-electron chi connectivity index (χ3n) is 3.97. The molecule has 0 bridgehead atoms. The number of nitrogens with two attached hydrogens (primary N) is 1. The Balaban J connectivity index is 2.03. The lowest BCUT2D eigenvalue weighted by atomic mass is 9.93. The first-order valence-electron chi connectivity index (χ1n) is 8.47. The van der Waals surface area contributed by atoms with Gasteiger partial charge >= 0.3 is 5.97 Å². The van der Waals surface area contributed by atoms with Crippen LogP contribution >= 0.6 is 0 Å². The van der Waals surface area contributed by atoms with E-state index in [0.29, 0.717) is 29.6 Å². The molecule has 0 aromatic heterocycles. The van der Waals surface area contributed by atoms with E-state index in [1.165, 1.54) is 19.8 Å². The number of carboxylic acids is 1. The Morgan fingerprint density at radius 3 is 2.72 bits per heavy atom. The molecule has 1 saturated carbocycles. The summed E-state index contributed by atoms with van der Waals surface area (Å²) in [5.41, 5.74) is 5.17. The van der Waals surface area contributed by atoms with Crippen molar-refractivity contribution in [3.05, 3.63) is 23.8 Å². The van der Waals surface area contributed by atoms with Crippen molar-refractivity contribution >= 4 is 5.97 Å². The maximum absolute atomic E-state index is 12.0. The third-order valence-corrected chi connectivity index (χ3v) is 3.97. The summed E-state index contributed by atoms with van der Waals surface area (Å²) in [5.74, 6) is 0.705. The molecule has 0 amide bonds. The molecule has 0 radical (unpaired) electrons.